The zero-order valence-corrected chi connectivity index (χ0v) is 20.3. The highest BCUT2D eigenvalue weighted by atomic mass is 32.2. The Morgan fingerprint density at radius 3 is 2.64 bits per heavy atom. The summed E-state index contributed by atoms with van der Waals surface area (Å²) in [7, 11) is -3.74. The van der Waals surface area contributed by atoms with Gasteiger partial charge in [-0.3, -0.25) is 9.59 Å². The number of pyridine rings is 1. The first-order valence-electron chi connectivity index (χ1n) is 11.1. The molecule has 180 valence electrons. The van der Waals surface area contributed by atoms with Crippen LogP contribution in [0.1, 0.15) is 38.8 Å². The Bertz CT molecular complexity index is 1170. The molecular formula is C23H31N3O6S. The molecule has 1 aromatic carbocycles. The minimum atomic E-state index is -3.74. The van der Waals surface area contributed by atoms with Crippen LogP contribution in [0.15, 0.2) is 40.2 Å². The van der Waals surface area contributed by atoms with E-state index in [9.17, 15) is 18.0 Å². The molecule has 1 amide bonds. The van der Waals surface area contributed by atoms with Crippen LogP contribution >= 0.6 is 0 Å². The lowest BCUT2D eigenvalue weighted by Crippen LogP contribution is -2.34. The van der Waals surface area contributed by atoms with Gasteiger partial charge in [-0.05, 0) is 32.0 Å². The number of fused-ring (bicyclic) bond motifs is 1. The number of benzene rings is 1. The van der Waals surface area contributed by atoms with Crippen LogP contribution in [0.5, 0.6) is 11.5 Å². The van der Waals surface area contributed by atoms with Crippen LogP contribution in [0.3, 0.4) is 0 Å². The SMILES string of the molecule is CCOc1cc2c(cc1CNC(=O)Cn1cc(S(=O)(=O)N(CC)CC)ccc1=O)OC(C)C2. The van der Waals surface area contributed by atoms with Crippen molar-refractivity contribution >= 4 is 15.9 Å². The number of carbonyl (C=O) groups is 1. The molecule has 2 heterocycles. The third-order valence-electron chi connectivity index (χ3n) is 5.47. The van der Waals surface area contributed by atoms with E-state index >= 15 is 0 Å². The summed E-state index contributed by atoms with van der Waals surface area (Å²) >= 11 is 0. The highest BCUT2D eigenvalue weighted by Gasteiger charge is 2.24. The number of amides is 1. The van der Waals surface area contributed by atoms with Gasteiger partial charge in [-0.25, -0.2) is 8.42 Å². The Labute approximate surface area is 194 Å². The minimum Gasteiger partial charge on any atom is -0.494 e. The largest absolute Gasteiger partial charge is 0.494 e. The molecule has 1 N–H and O–H groups in total. The first-order chi connectivity index (χ1) is 15.7. The number of ether oxygens (including phenoxy) is 2. The number of nitrogens with one attached hydrogen (secondary N) is 1. The predicted octanol–water partition coefficient (Wildman–Crippen LogP) is 1.92. The lowest BCUT2D eigenvalue weighted by molar-refractivity contribution is -0.121. The number of hydrogen-bond donors (Lipinski definition) is 1. The van der Waals surface area contributed by atoms with E-state index in [-0.39, 0.29) is 24.1 Å². The van der Waals surface area contributed by atoms with Gasteiger partial charge in [0.15, 0.2) is 0 Å². The fourth-order valence-electron chi connectivity index (χ4n) is 3.81. The van der Waals surface area contributed by atoms with E-state index in [0.717, 1.165) is 33.9 Å². The quantitative estimate of drug-likeness (QED) is 0.560. The summed E-state index contributed by atoms with van der Waals surface area (Å²) in [4.78, 5) is 24.8. The molecule has 3 rings (SSSR count). The van der Waals surface area contributed by atoms with Gasteiger partial charge in [0.2, 0.25) is 15.9 Å². The lowest BCUT2D eigenvalue weighted by atomic mass is 10.1. The van der Waals surface area contributed by atoms with Crippen molar-refractivity contribution in [1.82, 2.24) is 14.2 Å². The van der Waals surface area contributed by atoms with E-state index in [1.807, 2.05) is 26.0 Å². The maximum Gasteiger partial charge on any atom is 0.251 e. The smallest absolute Gasteiger partial charge is 0.251 e. The van der Waals surface area contributed by atoms with Crippen molar-refractivity contribution in [2.24, 2.45) is 0 Å². The highest BCUT2D eigenvalue weighted by molar-refractivity contribution is 7.89. The van der Waals surface area contributed by atoms with Crippen LogP contribution in [0.4, 0.5) is 0 Å². The molecule has 1 atom stereocenters. The summed E-state index contributed by atoms with van der Waals surface area (Å²) in [5.41, 5.74) is 1.38. The summed E-state index contributed by atoms with van der Waals surface area (Å²) in [5, 5.41) is 2.79. The second kappa shape index (κ2) is 10.4. The highest BCUT2D eigenvalue weighted by Crippen LogP contribution is 2.35. The molecule has 1 aliphatic rings. The molecule has 0 bridgehead atoms. The van der Waals surface area contributed by atoms with E-state index in [1.54, 1.807) is 13.8 Å². The van der Waals surface area contributed by atoms with Gasteiger partial charge in [-0.2, -0.15) is 4.31 Å². The van der Waals surface area contributed by atoms with Crippen molar-refractivity contribution in [3.8, 4) is 11.5 Å². The fraction of sp³-hybridized carbons (Fsp3) is 0.478. The molecule has 1 aliphatic heterocycles. The Kier molecular flexibility index (Phi) is 7.80. The van der Waals surface area contributed by atoms with Crippen LogP contribution < -0.4 is 20.3 Å². The molecule has 10 heteroatoms. The van der Waals surface area contributed by atoms with Gasteiger partial charge >= 0.3 is 0 Å². The van der Waals surface area contributed by atoms with Crippen molar-refractivity contribution in [3.05, 3.63) is 51.9 Å². The third-order valence-corrected chi connectivity index (χ3v) is 7.50. The van der Waals surface area contributed by atoms with Gasteiger partial charge < -0.3 is 19.4 Å². The Balaban J connectivity index is 1.75. The van der Waals surface area contributed by atoms with E-state index < -0.39 is 21.5 Å². The first kappa shape index (κ1) is 24.8. The summed E-state index contributed by atoms with van der Waals surface area (Å²) in [6, 6.07) is 6.24. The average Bonchev–Trinajstić information content (AvgIpc) is 3.13. The van der Waals surface area contributed by atoms with Gasteiger partial charge in [-0.1, -0.05) is 13.8 Å². The van der Waals surface area contributed by atoms with Gasteiger partial charge in [-0.15, -0.1) is 0 Å². The number of hydrogen-bond acceptors (Lipinski definition) is 6. The molecule has 0 saturated carbocycles. The molecule has 0 fully saturated rings. The second-order valence-electron chi connectivity index (χ2n) is 7.83. The average molecular weight is 478 g/mol. The summed E-state index contributed by atoms with van der Waals surface area (Å²) in [6.45, 7) is 8.35. The molecular weight excluding hydrogens is 446 g/mol. The summed E-state index contributed by atoms with van der Waals surface area (Å²) < 4.78 is 39.4. The van der Waals surface area contributed by atoms with Crippen LogP contribution in [0.2, 0.25) is 0 Å². The van der Waals surface area contributed by atoms with Gasteiger partial charge in [0, 0.05) is 49.4 Å². The zero-order valence-electron chi connectivity index (χ0n) is 19.5. The van der Waals surface area contributed by atoms with Crippen molar-refractivity contribution in [2.75, 3.05) is 19.7 Å². The Morgan fingerprint density at radius 2 is 1.97 bits per heavy atom. The van der Waals surface area contributed by atoms with Crippen molar-refractivity contribution < 1.29 is 22.7 Å². The minimum absolute atomic E-state index is 0.0258. The van der Waals surface area contributed by atoms with Crippen LogP contribution in [0.25, 0.3) is 0 Å². The standard InChI is InChI=1S/C23H31N3O6S/c1-5-26(6-2)33(29,30)19-8-9-23(28)25(14-19)15-22(27)24-13-18-12-21-17(10-16(4)32-21)11-20(18)31-7-3/h8-9,11-12,14,16H,5-7,10,13,15H2,1-4H3,(H,24,27). The molecule has 1 unspecified atom stereocenters. The third kappa shape index (κ3) is 5.56. The maximum atomic E-state index is 12.8. The van der Waals surface area contributed by atoms with Crippen molar-refractivity contribution in [3.63, 3.8) is 0 Å². The lowest BCUT2D eigenvalue weighted by Gasteiger charge is -2.19. The first-order valence-corrected chi connectivity index (χ1v) is 12.6. The molecule has 9 nitrogen and oxygen atoms in total. The second-order valence-corrected chi connectivity index (χ2v) is 9.77. The van der Waals surface area contributed by atoms with E-state index in [4.69, 9.17) is 9.47 Å². The molecule has 33 heavy (non-hydrogen) atoms. The van der Waals surface area contributed by atoms with Gasteiger partial charge in [0.1, 0.15) is 24.1 Å². The predicted molar refractivity (Wildman–Crippen MR) is 124 cm³/mol. The summed E-state index contributed by atoms with van der Waals surface area (Å²) in [5.74, 6) is 1.03. The molecule has 0 aliphatic carbocycles. The van der Waals surface area contributed by atoms with Crippen LogP contribution in [-0.2, 0) is 34.3 Å². The van der Waals surface area contributed by atoms with Crippen molar-refractivity contribution in [1.29, 1.82) is 0 Å². The van der Waals surface area contributed by atoms with E-state index in [2.05, 4.69) is 5.32 Å². The molecule has 1 aromatic heterocycles. The normalized spacial score (nSPS) is 15.2. The number of carbonyl (C=O) groups excluding carboxylic acids is 1. The van der Waals surface area contributed by atoms with Gasteiger partial charge in [0.25, 0.3) is 5.56 Å². The molecule has 2 aromatic rings. The fourth-order valence-corrected chi connectivity index (χ4v) is 5.29. The number of nitrogens with zero attached hydrogens (tertiary/aromatic N) is 2. The molecule has 0 radical (unpaired) electrons. The van der Waals surface area contributed by atoms with Crippen LogP contribution in [-0.4, -0.2) is 49.0 Å². The number of sulfonamides is 1. The molecule has 0 saturated heterocycles. The van der Waals surface area contributed by atoms with Crippen molar-refractivity contribution in [2.45, 2.75) is 58.2 Å². The number of aromatic nitrogens is 1. The zero-order chi connectivity index (χ0) is 24.2. The summed E-state index contributed by atoms with van der Waals surface area (Å²) in [6.07, 6.45) is 2.11. The maximum absolute atomic E-state index is 12.8. The number of rotatable bonds is 10. The Hall–Kier alpha value is -2.85. The topological polar surface area (TPSA) is 107 Å². The molecule has 0 spiro atoms. The van der Waals surface area contributed by atoms with E-state index in [0.29, 0.717) is 25.4 Å². The van der Waals surface area contributed by atoms with Gasteiger partial charge in [0.05, 0.1) is 11.5 Å². The van der Waals surface area contributed by atoms with Crippen LogP contribution in [0, 0.1) is 0 Å². The monoisotopic (exact) mass is 477 g/mol. The van der Waals surface area contributed by atoms with E-state index in [1.165, 1.54) is 16.6 Å². The Morgan fingerprint density at radius 1 is 1.24 bits per heavy atom.